The highest BCUT2D eigenvalue weighted by Crippen LogP contribution is 2.22. The Hall–Kier alpha value is -1.35. The van der Waals surface area contributed by atoms with Gasteiger partial charge in [0, 0.05) is 20.1 Å². The van der Waals surface area contributed by atoms with Crippen LogP contribution in [-0.4, -0.2) is 56.3 Å². The zero-order chi connectivity index (χ0) is 16.3. The van der Waals surface area contributed by atoms with Gasteiger partial charge in [-0.15, -0.1) is 0 Å². The summed E-state index contributed by atoms with van der Waals surface area (Å²) in [4.78, 5) is 25.0. The van der Waals surface area contributed by atoms with E-state index in [1.165, 1.54) is 7.05 Å². The SMILES string of the molecule is CNC(=O)CS(=O)(=O)C1CCN(C(=O)c2ccc(Br)o2)CC1. The molecule has 1 saturated heterocycles. The molecule has 9 heteroatoms. The molecule has 0 bridgehead atoms. The maximum atomic E-state index is 12.2. The highest BCUT2D eigenvalue weighted by Gasteiger charge is 2.33. The molecule has 0 saturated carbocycles. The molecule has 0 aliphatic carbocycles. The number of likely N-dealkylation sites (tertiary alicyclic amines) is 1. The molecule has 2 amide bonds. The van der Waals surface area contributed by atoms with Crippen LogP contribution in [0.5, 0.6) is 0 Å². The van der Waals surface area contributed by atoms with Crippen LogP contribution in [0.1, 0.15) is 23.4 Å². The number of sulfone groups is 1. The molecule has 2 heterocycles. The molecule has 1 aliphatic heterocycles. The highest BCUT2D eigenvalue weighted by molar-refractivity contribution is 9.10. The number of piperidine rings is 1. The van der Waals surface area contributed by atoms with Crippen molar-refractivity contribution in [2.45, 2.75) is 18.1 Å². The van der Waals surface area contributed by atoms with Gasteiger partial charge in [0.1, 0.15) is 5.75 Å². The Labute approximate surface area is 137 Å². The fourth-order valence-corrected chi connectivity index (χ4v) is 4.36. The normalized spacial score (nSPS) is 16.5. The fourth-order valence-electron chi connectivity index (χ4n) is 2.38. The molecule has 0 atom stereocenters. The van der Waals surface area contributed by atoms with Crippen LogP contribution in [0.25, 0.3) is 0 Å². The number of rotatable bonds is 4. The number of hydrogen-bond donors (Lipinski definition) is 1. The lowest BCUT2D eigenvalue weighted by Crippen LogP contribution is -2.44. The van der Waals surface area contributed by atoms with Gasteiger partial charge in [-0.2, -0.15) is 0 Å². The average molecular weight is 393 g/mol. The van der Waals surface area contributed by atoms with Gasteiger partial charge in [-0.05, 0) is 40.9 Å². The molecule has 1 fully saturated rings. The summed E-state index contributed by atoms with van der Waals surface area (Å²) in [5.74, 6) is -1.06. The van der Waals surface area contributed by atoms with Gasteiger partial charge in [0.2, 0.25) is 5.91 Å². The number of amides is 2. The third-order valence-corrected chi connectivity index (χ3v) is 6.21. The predicted octanol–water partition coefficient (Wildman–Crippen LogP) is 0.808. The zero-order valence-corrected chi connectivity index (χ0v) is 14.4. The van der Waals surface area contributed by atoms with Crippen molar-refractivity contribution in [2.75, 3.05) is 25.9 Å². The standard InChI is InChI=1S/C13H17BrN2O5S/c1-15-12(17)8-22(19,20)9-4-6-16(7-5-9)13(18)10-2-3-11(14)21-10/h2-3,9H,4-8H2,1H3,(H,15,17). The molecular weight excluding hydrogens is 376 g/mol. The summed E-state index contributed by atoms with van der Waals surface area (Å²) in [5.41, 5.74) is 0. The van der Waals surface area contributed by atoms with Crippen LogP contribution in [0.2, 0.25) is 0 Å². The molecule has 1 N–H and O–H groups in total. The fraction of sp³-hybridized carbons (Fsp3) is 0.538. The lowest BCUT2D eigenvalue weighted by molar-refractivity contribution is -0.118. The van der Waals surface area contributed by atoms with Gasteiger partial charge in [0.15, 0.2) is 20.3 Å². The quantitative estimate of drug-likeness (QED) is 0.817. The van der Waals surface area contributed by atoms with E-state index in [9.17, 15) is 18.0 Å². The minimum absolute atomic E-state index is 0.221. The van der Waals surface area contributed by atoms with Gasteiger partial charge >= 0.3 is 0 Å². The Morgan fingerprint density at radius 3 is 2.50 bits per heavy atom. The topological polar surface area (TPSA) is 96.7 Å². The molecule has 0 spiro atoms. The molecule has 0 aromatic carbocycles. The van der Waals surface area contributed by atoms with E-state index in [4.69, 9.17) is 4.42 Å². The number of furan rings is 1. The summed E-state index contributed by atoms with van der Waals surface area (Å²) >= 11 is 3.14. The van der Waals surface area contributed by atoms with E-state index in [0.717, 1.165) is 0 Å². The Morgan fingerprint density at radius 1 is 1.36 bits per heavy atom. The van der Waals surface area contributed by atoms with Gasteiger partial charge in [-0.3, -0.25) is 9.59 Å². The Morgan fingerprint density at radius 2 is 2.00 bits per heavy atom. The summed E-state index contributed by atoms with van der Waals surface area (Å²) in [6.07, 6.45) is 0.653. The Bertz CT molecular complexity index is 662. The third kappa shape index (κ3) is 3.89. The molecule has 1 aromatic rings. The molecule has 0 radical (unpaired) electrons. The summed E-state index contributed by atoms with van der Waals surface area (Å²) in [6, 6.07) is 3.20. The van der Waals surface area contributed by atoms with E-state index in [-0.39, 0.29) is 11.7 Å². The number of hydrogen-bond acceptors (Lipinski definition) is 5. The van der Waals surface area contributed by atoms with E-state index in [1.54, 1.807) is 17.0 Å². The first-order chi connectivity index (χ1) is 10.3. The van der Waals surface area contributed by atoms with Crippen molar-refractivity contribution < 1.29 is 22.4 Å². The second-order valence-electron chi connectivity index (χ2n) is 5.08. The average Bonchev–Trinajstić information content (AvgIpc) is 2.92. The Kier molecular flexibility index (Phi) is 5.28. The second-order valence-corrected chi connectivity index (χ2v) is 8.14. The van der Waals surface area contributed by atoms with Gasteiger partial charge < -0.3 is 14.6 Å². The largest absolute Gasteiger partial charge is 0.444 e. The summed E-state index contributed by atoms with van der Waals surface area (Å²) in [6.45, 7) is 0.656. The molecular formula is C13H17BrN2O5S. The molecule has 2 rings (SSSR count). The lowest BCUT2D eigenvalue weighted by atomic mass is 10.1. The van der Waals surface area contributed by atoms with Crippen LogP contribution in [0.15, 0.2) is 21.2 Å². The summed E-state index contributed by atoms with van der Waals surface area (Å²) in [7, 11) is -2.08. The highest BCUT2D eigenvalue weighted by atomic mass is 79.9. The van der Waals surface area contributed by atoms with Crippen molar-refractivity contribution in [3.63, 3.8) is 0 Å². The van der Waals surface area contributed by atoms with Gasteiger partial charge in [-0.25, -0.2) is 8.42 Å². The maximum Gasteiger partial charge on any atom is 0.289 e. The van der Waals surface area contributed by atoms with Gasteiger partial charge in [-0.1, -0.05) is 0 Å². The van der Waals surface area contributed by atoms with E-state index >= 15 is 0 Å². The van der Waals surface area contributed by atoms with Crippen molar-refractivity contribution in [3.05, 3.63) is 22.6 Å². The summed E-state index contributed by atoms with van der Waals surface area (Å²) < 4.78 is 29.9. The molecule has 1 aromatic heterocycles. The Balaban J connectivity index is 1.95. The van der Waals surface area contributed by atoms with E-state index in [0.29, 0.717) is 30.6 Å². The van der Waals surface area contributed by atoms with Crippen LogP contribution < -0.4 is 5.32 Å². The summed E-state index contributed by atoms with van der Waals surface area (Å²) in [5, 5.41) is 1.73. The lowest BCUT2D eigenvalue weighted by Gasteiger charge is -2.31. The van der Waals surface area contributed by atoms with Gasteiger partial charge in [0.25, 0.3) is 5.91 Å². The van der Waals surface area contributed by atoms with Crippen molar-refractivity contribution in [3.8, 4) is 0 Å². The van der Waals surface area contributed by atoms with E-state index in [1.807, 2.05) is 0 Å². The van der Waals surface area contributed by atoms with Crippen LogP contribution in [-0.2, 0) is 14.6 Å². The molecule has 0 unspecified atom stereocenters. The number of carbonyl (C=O) groups excluding carboxylic acids is 2. The number of halogens is 1. The second kappa shape index (κ2) is 6.82. The monoisotopic (exact) mass is 392 g/mol. The minimum atomic E-state index is -3.49. The van der Waals surface area contributed by atoms with Crippen molar-refractivity contribution in [2.24, 2.45) is 0 Å². The van der Waals surface area contributed by atoms with E-state index < -0.39 is 26.7 Å². The van der Waals surface area contributed by atoms with Crippen LogP contribution in [0.4, 0.5) is 0 Å². The van der Waals surface area contributed by atoms with Crippen LogP contribution in [0.3, 0.4) is 0 Å². The third-order valence-electron chi connectivity index (χ3n) is 3.63. The first-order valence-electron chi connectivity index (χ1n) is 6.80. The minimum Gasteiger partial charge on any atom is -0.444 e. The van der Waals surface area contributed by atoms with Crippen LogP contribution >= 0.6 is 15.9 Å². The maximum absolute atomic E-state index is 12.2. The number of nitrogens with one attached hydrogen (secondary N) is 1. The first kappa shape index (κ1) is 17.0. The molecule has 7 nitrogen and oxygen atoms in total. The smallest absolute Gasteiger partial charge is 0.289 e. The predicted molar refractivity (Wildman–Crippen MR) is 83.2 cm³/mol. The van der Waals surface area contributed by atoms with Crippen molar-refractivity contribution >= 4 is 37.6 Å². The molecule has 1 aliphatic rings. The first-order valence-corrected chi connectivity index (χ1v) is 9.31. The van der Waals surface area contributed by atoms with Gasteiger partial charge in [0.05, 0.1) is 5.25 Å². The zero-order valence-electron chi connectivity index (χ0n) is 12.0. The van der Waals surface area contributed by atoms with Crippen LogP contribution in [0, 0.1) is 0 Å². The van der Waals surface area contributed by atoms with Crippen molar-refractivity contribution in [1.29, 1.82) is 0 Å². The molecule has 22 heavy (non-hydrogen) atoms. The number of nitrogens with zero attached hydrogens (tertiary/aromatic N) is 1. The van der Waals surface area contributed by atoms with E-state index in [2.05, 4.69) is 21.2 Å². The number of carbonyl (C=O) groups is 2. The molecule has 122 valence electrons. The van der Waals surface area contributed by atoms with Crippen molar-refractivity contribution in [1.82, 2.24) is 10.2 Å².